The number of nitrogens with zero attached hydrogens (tertiary/aromatic N) is 1. The predicted molar refractivity (Wildman–Crippen MR) is 66.0 cm³/mol. The molecule has 0 bridgehead atoms. The Labute approximate surface area is 97.0 Å². The van der Waals surface area contributed by atoms with Gasteiger partial charge in [-0.1, -0.05) is 28.1 Å². The molecule has 0 aliphatic heterocycles. The fraction of sp³-hybridized carbons (Fsp3) is 0.182. The second-order valence-electron chi connectivity index (χ2n) is 3.33. The largest absolute Gasteiger partial charge is 0.371 e. The third kappa shape index (κ3) is 1.90. The topological polar surface area (TPSA) is 40.7 Å². The average Bonchev–Trinajstić information content (AvgIpc) is 2.61. The van der Waals surface area contributed by atoms with Crippen molar-refractivity contribution in [1.29, 1.82) is 0 Å². The molecule has 1 aromatic carbocycles. The fourth-order valence-electron chi connectivity index (χ4n) is 1.58. The molecule has 0 spiro atoms. The van der Waals surface area contributed by atoms with E-state index in [0.717, 1.165) is 27.1 Å². The van der Waals surface area contributed by atoms with Crippen molar-refractivity contribution in [3.8, 4) is 11.1 Å². The molecule has 0 aliphatic rings. The van der Waals surface area contributed by atoms with Crippen molar-refractivity contribution in [2.75, 3.05) is 12.4 Å². The van der Waals surface area contributed by atoms with E-state index < -0.39 is 0 Å². The third-order valence-electron chi connectivity index (χ3n) is 2.32. The Morgan fingerprint density at radius 1 is 1.27 bits per heavy atom. The lowest BCUT2D eigenvalue weighted by molar-refractivity contribution is 1.05. The Hall–Kier alpha value is -1.29. The van der Waals surface area contributed by atoms with Crippen molar-refractivity contribution in [3.05, 3.63) is 34.4 Å². The molecule has 0 fully saturated rings. The first-order valence-corrected chi connectivity index (χ1v) is 5.50. The standard InChI is InChI=1S/C11H12BrN3/c1-7-10(11(13-2)15-14-7)8-3-5-9(12)6-4-8/h3-6H,1-2H3,(H2,13,14,15). The maximum atomic E-state index is 4.19. The molecule has 4 heteroatoms. The van der Waals surface area contributed by atoms with Crippen LogP contribution in [0.4, 0.5) is 5.82 Å². The molecule has 15 heavy (non-hydrogen) atoms. The van der Waals surface area contributed by atoms with E-state index in [0.29, 0.717) is 0 Å². The minimum Gasteiger partial charge on any atom is -0.371 e. The molecular weight excluding hydrogens is 254 g/mol. The summed E-state index contributed by atoms with van der Waals surface area (Å²) in [7, 11) is 1.87. The van der Waals surface area contributed by atoms with Gasteiger partial charge in [0.1, 0.15) is 0 Å². The molecule has 1 heterocycles. The third-order valence-corrected chi connectivity index (χ3v) is 2.85. The molecule has 2 N–H and O–H groups in total. The number of aryl methyl sites for hydroxylation is 1. The first-order valence-electron chi connectivity index (χ1n) is 4.71. The summed E-state index contributed by atoms with van der Waals surface area (Å²) in [6.07, 6.45) is 0. The van der Waals surface area contributed by atoms with Gasteiger partial charge in [0.25, 0.3) is 0 Å². The molecule has 0 saturated carbocycles. The lowest BCUT2D eigenvalue weighted by Gasteiger charge is -2.03. The van der Waals surface area contributed by atoms with Gasteiger partial charge in [-0.3, -0.25) is 5.10 Å². The molecule has 0 unspecified atom stereocenters. The summed E-state index contributed by atoms with van der Waals surface area (Å²) in [5, 5.41) is 10.2. The molecule has 2 aromatic rings. The molecule has 0 atom stereocenters. The SMILES string of the molecule is CNc1n[nH]c(C)c1-c1ccc(Br)cc1. The van der Waals surface area contributed by atoms with Crippen LogP contribution in [-0.2, 0) is 0 Å². The van der Waals surface area contributed by atoms with Gasteiger partial charge in [0.15, 0.2) is 5.82 Å². The second-order valence-corrected chi connectivity index (χ2v) is 4.24. The Bertz CT molecular complexity index is 459. The molecule has 3 nitrogen and oxygen atoms in total. The summed E-state index contributed by atoms with van der Waals surface area (Å²) in [6, 6.07) is 8.20. The second kappa shape index (κ2) is 4.06. The number of benzene rings is 1. The van der Waals surface area contributed by atoms with Crippen molar-refractivity contribution in [2.45, 2.75) is 6.92 Å². The number of anilines is 1. The van der Waals surface area contributed by atoms with E-state index >= 15 is 0 Å². The lowest BCUT2D eigenvalue weighted by atomic mass is 10.1. The molecular formula is C11H12BrN3. The van der Waals surface area contributed by atoms with E-state index in [4.69, 9.17) is 0 Å². The van der Waals surface area contributed by atoms with Gasteiger partial charge in [-0.2, -0.15) is 5.10 Å². The quantitative estimate of drug-likeness (QED) is 0.876. The summed E-state index contributed by atoms with van der Waals surface area (Å²) >= 11 is 3.42. The molecule has 0 saturated heterocycles. The molecule has 0 aliphatic carbocycles. The minimum atomic E-state index is 0.884. The summed E-state index contributed by atoms with van der Waals surface area (Å²) in [5.41, 5.74) is 3.36. The number of hydrogen-bond donors (Lipinski definition) is 2. The minimum absolute atomic E-state index is 0.884. The van der Waals surface area contributed by atoms with Crippen molar-refractivity contribution in [2.24, 2.45) is 0 Å². The maximum Gasteiger partial charge on any atom is 0.155 e. The van der Waals surface area contributed by atoms with Crippen molar-refractivity contribution in [1.82, 2.24) is 10.2 Å². The van der Waals surface area contributed by atoms with Crippen LogP contribution in [0.2, 0.25) is 0 Å². The van der Waals surface area contributed by atoms with Crippen LogP contribution in [0.3, 0.4) is 0 Å². The van der Waals surface area contributed by atoms with E-state index in [9.17, 15) is 0 Å². The highest BCUT2D eigenvalue weighted by molar-refractivity contribution is 9.10. The zero-order chi connectivity index (χ0) is 10.8. The normalized spacial score (nSPS) is 10.3. The van der Waals surface area contributed by atoms with Gasteiger partial charge in [0.2, 0.25) is 0 Å². The van der Waals surface area contributed by atoms with E-state index in [1.807, 2.05) is 26.1 Å². The Morgan fingerprint density at radius 3 is 2.53 bits per heavy atom. The molecule has 0 amide bonds. The van der Waals surface area contributed by atoms with Gasteiger partial charge in [0, 0.05) is 22.8 Å². The number of rotatable bonds is 2. The first kappa shape index (κ1) is 10.2. The van der Waals surface area contributed by atoms with E-state index in [-0.39, 0.29) is 0 Å². The summed E-state index contributed by atoms with van der Waals surface area (Å²) in [6.45, 7) is 2.02. The molecule has 1 aromatic heterocycles. The van der Waals surface area contributed by atoms with Crippen LogP contribution in [0, 0.1) is 6.92 Å². The van der Waals surface area contributed by atoms with Gasteiger partial charge in [-0.15, -0.1) is 0 Å². The summed E-state index contributed by atoms with van der Waals surface area (Å²) in [4.78, 5) is 0. The highest BCUT2D eigenvalue weighted by Gasteiger charge is 2.10. The zero-order valence-electron chi connectivity index (χ0n) is 8.63. The van der Waals surface area contributed by atoms with Gasteiger partial charge >= 0.3 is 0 Å². The van der Waals surface area contributed by atoms with Crippen LogP contribution >= 0.6 is 15.9 Å². The lowest BCUT2D eigenvalue weighted by Crippen LogP contribution is -1.90. The van der Waals surface area contributed by atoms with E-state index in [2.05, 4.69) is 43.6 Å². The van der Waals surface area contributed by atoms with Crippen LogP contribution in [0.1, 0.15) is 5.69 Å². The predicted octanol–water partition coefficient (Wildman–Crippen LogP) is 3.19. The highest BCUT2D eigenvalue weighted by atomic mass is 79.9. The smallest absolute Gasteiger partial charge is 0.155 e. The van der Waals surface area contributed by atoms with Gasteiger partial charge in [-0.25, -0.2) is 0 Å². The summed E-state index contributed by atoms with van der Waals surface area (Å²) < 4.78 is 1.08. The number of H-pyrrole nitrogens is 1. The van der Waals surface area contributed by atoms with E-state index in [1.54, 1.807) is 0 Å². The zero-order valence-corrected chi connectivity index (χ0v) is 10.2. The van der Waals surface area contributed by atoms with E-state index in [1.165, 1.54) is 0 Å². The number of aromatic amines is 1. The van der Waals surface area contributed by atoms with Gasteiger partial charge in [0.05, 0.1) is 0 Å². The van der Waals surface area contributed by atoms with Crippen LogP contribution in [0.5, 0.6) is 0 Å². The average molecular weight is 266 g/mol. The molecule has 78 valence electrons. The van der Waals surface area contributed by atoms with Crippen LogP contribution in [0.25, 0.3) is 11.1 Å². The number of halogens is 1. The van der Waals surface area contributed by atoms with Crippen LogP contribution < -0.4 is 5.32 Å². The molecule has 0 radical (unpaired) electrons. The van der Waals surface area contributed by atoms with Crippen LogP contribution in [0.15, 0.2) is 28.7 Å². The number of aromatic nitrogens is 2. The summed E-state index contributed by atoms with van der Waals surface area (Å²) in [5.74, 6) is 0.884. The van der Waals surface area contributed by atoms with Gasteiger partial charge in [-0.05, 0) is 24.6 Å². The fourth-order valence-corrected chi connectivity index (χ4v) is 1.84. The van der Waals surface area contributed by atoms with Crippen molar-refractivity contribution >= 4 is 21.7 Å². The maximum absolute atomic E-state index is 4.19. The van der Waals surface area contributed by atoms with Crippen molar-refractivity contribution in [3.63, 3.8) is 0 Å². The number of hydrogen-bond acceptors (Lipinski definition) is 2. The molecule has 2 rings (SSSR count). The number of nitrogens with one attached hydrogen (secondary N) is 2. The Kier molecular flexibility index (Phi) is 2.77. The van der Waals surface area contributed by atoms with Crippen molar-refractivity contribution < 1.29 is 0 Å². The monoisotopic (exact) mass is 265 g/mol. The Balaban J connectivity index is 2.52. The Morgan fingerprint density at radius 2 is 1.93 bits per heavy atom. The van der Waals surface area contributed by atoms with Crippen LogP contribution in [-0.4, -0.2) is 17.2 Å². The first-order chi connectivity index (χ1) is 7.22. The highest BCUT2D eigenvalue weighted by Crippen LogP contribution is 2.29. The van der Waals surface area contributed by atoms with Gasteiger partial charge < -0.3 is 5.32 Å².